The van der Waals surface area contributed by atoms with E-state index < -0.39 is 0 Å². The van der Waals surface area contributed by atoms with E-state index >= 15 is 0 Å². The number of hydrogen-bond donors (Lipinski definition) is 2. The zero-order chi connectivity index (χ0) is 17.5. The second-order valence-corrected chi connectivity index (χ2v) is 6.31. The van der Waals surface area contributed by atoms with Crippen LogP contribution in [0.5, 0.6) is 11.5 Å². The molecular weight excluding hydrogens is 316 g/mol. The van der Waals surface area contributed by atoms with Gasteiger partial charge in [-0.05, 0) is 25.0 Å². The van der Waals surface area contributed by atoms with Crippen LogP contribution in [0.15, 0.2) is 30.6 Å². The fourth-order valence-electron chi connectivity index (χ4n) is 3.18. The molecule has 0 bridgehead atoms. The first kappa shape index (κ1) is 17.3. The Morgan fingerprint density at radius 2 is 1.68 bits per heavy atom. The van der Waals surface area contributed by atoms with Crippen LogP contribution in [0.3, 0.4) is 0 Å². The first-order valence-electron chi connectivity index (χ1n) is 8.86. The van der Waals surface area contributed by atoms with E-state index in [-0.39, 0.29) is 0 Å². The van der Waals surface area contributed by atoms with Crippen molar-refractivity contribution in [2.24, 2.45) is 0 Å². The molecule has 0 spiro atoms. The van der Waals surface area contributed by atoms with Crippen molar-refractivity contribution in [2.45, 2.75) is 44.6 Å². The number of ether oxygens (including phenoxy) is 2. The molecule has 0 unspecified atom stereocenters. The van der Waals surface area contributed by atoms with Gasteiger partial charge in [-0.3, -0.25) is 0 Å². The number of hydrogen-bond acceptors (Lipinski definition) is 6. The lowest BCUT2D eigenvalue weighted by molar-refractivity contribution is 0.395. The number of aromatic nitrogens is 2. The summed E-state index contributed by atoms with van der Waals surface area (Å²) in [7, 11) is 3.27. The zero-order valence-electron chi connectivity index (χ0n) is 14.9. The van der Waals surface area contributed by atoms with Crippen LogP contribution in [-0.2, 0) is 0 Å². The largest absolute Gasteiger partial charge is 0.497 e. The van der Waals surface area contributed by atoms with Crippen LogP contribution < -0.4 is 20.1 Å². The maximum atomic E-state index is 5.42. The lowest BCUT2D eigenvalue weighted by Gasteiger charge is -2.17. The fourth-order valence-corrected chi connectivity index (χ4v) is 3.18. The lowest BCUT2D eigenvalue weighted by atomic mass is 10.1. The molecule has 1 aliphatic rings. The van der Waals surface area contributed by atoms with Gasteiger partial charge in [0.2, 0.25) is 0 Å². The molecule has 0 aliphatic heterocycles. The second kappa shape index (κ2) is 8.55. The Hall–Kier alpha value is -2.50. The minimum atomic E-state index is 0.501. The van der Waals surface area contributed by atoms with Crippen LogP contribution >= 0.6 is 0 Å². The summed E-state index contributed by atoms with van der Waals surface area (Å²) >= 11 is 0. The van der Waals surface area contributed by atoms with Gasteiger partial charge in [-0.2, -0.15) is 0 Å². The van der Waals surface area contributed by atoms with Crippen molar-refractivity contribution in [1.29, 1.82) is 0 Å². The maximum absolute atomic E-state index is 5.42. The molecule has 1 saturated carbocycles. The van der Waals surface area contributed by atoms with Crippen LogP contribution in [-0.4, -0.2) is 30.2 Å². The molecule has 6 heteroatoms. The van der Waals surface area contributed by atoms with Crippen LogP contribution in [0.2, 0.25) is 0 Å². The highest BCUT2D eigenvalue weighted by Crippen LogP contribution is 2.31. The molecule has 0 radical (unpaired) electrons. The minimum Gasteiger partial charge on any atom is -0.497 e. The van der Waals surface area contributed by atoms with E-state index in [2.05, 4.69) is 20.6 Å². The standard InChI is InChI=1S/C19H26N4O2/c1-24-15-9-10-16(17(11-15)25-2)23-19-12-18(20-13-21-19)22-14-7-5-3-4-6-8-14/h9-14H,3-8H2,1-2H3,(H2,20,21,22,23). The van der Waals surface area contributed by atoms with Crippen LogP contribution in [0.1, 0.15) is 38.5 Å². The third-order valence-electron chi connectivity index (χ3n) is 4.55. The Morgan fingerprint density at radius 3 is 2.40 bits per heavy atom. The smallest absolute Gasteiger partial charge is 0.146 e. The van der Waals surface area contributed by atoms with E-state index in [0.29, 0.717) is 11.8 Å². The summed E-state index contributed by atoms with van der Waals surface area (Å²) in [5, 5.41) is 6.84. The monoisotopic (exact) mass is 342 g/mol. The van der Waals surface area contributed by atoms with E-state index in [1.54, 1.807) is 20.5 Å². The summed E-state index contributed by atoms with van der Waals surface area (Å²) in [6.07, 6.45) is 9.25. The molecule has 2 N–H and O–H groups in total. The summed E-state index contributed by atoms with van der Waals surface area (Å²) in [5.41, 5.74) is 0.836. The molecule has 1 fully saturated rings. The van der Waals surface area contributed by atoms with E-state index in [0.717, 1.165) is 23.1 Å². The molecule has 1 aromatic heterocycles. The van der Waals surface area contributed by atoms with Gasteiger partial charge in [0.15, 0.2) is 0 Å². The second-order valence-electron chi connectivity index (χ2n) is 6.31. The van der Waals surface area contributed by atoms with E-state index in [9.17, 15) is 0 Å². The van der Waals surface area contributed by atoms with Crippen molar-refractivity contribution in [3.63, 3.8) is 0 Å². The van der Waals surface area contributed by atoms with E-state index in [1.165, 1.54) is 38.5 Å². The van der Waals surface area contributed by atoms with Gasteiger partial charge in [-0.1, -0.05) is 25.7 Å². The minimum absolute atomic E-state index is 0.501. The third kappa shape index (κ3) is 4.75. The van der Waals surface area contributed by atoms with Gasteiger partial charge >= 0.3 is 0 Å². The van der Waals surface area contributed by atoms with Crippen molar-refractivity contribution in [3.8, 4) is 11.5 Å². The Bertz CT molecular complexity index is 685. The molecule has 3 rings (SSSR count). The topological polar surface area (TPSA) is 68.3 Å². The van der Waals surface area contributed by atoms with Gasteiger partial charge in [-0.25, -0.2) is 9.97 Å². The van der Waals surface area contributed by atoms with Crippen LogP contribution in [0.25, 0.3) is 0 Å². The van der Waals surface area contributed by atoms with Gasteiger partial charge < -0.3 is 20.1 Å². The lowest BCUT2D eigenvalue weighted by Crippen LogP contribution is -2.19. The summed E-state index contributed by atoms with van der Waals surface area (Å²) in [6, 6.07) is 8.08. The van der Waals surface area contributed by atoms with Crippen LogP contribution in [0, 0.1) is 0 Å². The van der Waals surface area contributed by atoms with Gasteiger partial charge in [-0.15, -0.1) is 0 Å². The molecule has 0 saturated heterocycles. The predicted octanol–water partition coefficient (Wildman–Crippen LogP) is 4.37. The zero-order valence-corrected chi connectivity index (χ0v) is 14.9. The Labute approximate surface area is 149 Å². The Kier molecular flexibility index (Phi) is 5.93. The molecule has 0 atom stereocenters. The average Bonchev–Trinajstić information content (AvgIpc) is 2.91. The molecule has 1 aromatic carbocycles. The molecule has 25 heavy (non-hydrogen) atoms. The molecule has 0 amide bonds. The highest BCUT2D eigenvalue weighted by molar-refractivity contribution is 5.66. The van der Waals surface area contributed by atoms with E-state index in [4.69, 9.17) is 9.47 Å². The van der Waals surface area contributed by atoms with Crippen molar-refractivity contribution >= 4 is 17.3 Å². The molecule has 1 heterocycles. The highest BCUT2D eigenvalue weighted by Gasteiger charge is 2.13. The Morgan fingerprint density at radius 1 is 0.920 bits per heavy atom. The van der Waals surface area contributed by atoms with Gasteiger partial charge in [0.1, 0.15) is 29.5 Å². The SMILES string of the molecule is COc1ccc(Nc2cc(NC3CCCCCC3)ncn2)c(OC)c1. The van der Waals surface area contributed by atoms with Crippen LogP contribution in [0.4, 0.5) is 17.3 Å². The number of benzene rings is 1. The molecule has 6 nitrogen and oxygen atoms in total. The van der Waals surface area contributed by atoms with Crippen molar-refractivity contribution in [3.05, 3.63) is 30.6 Å². The molecule has 134 valence electrons. The number of nitrogens with zero attached hydrogens (tertiary/aromatic N) is 2. The summed E-state index contributed by atoms with van der Waals surface area (Å²) in [6.45, 7) is 0. The quantitative estimate of drug-likeness (QED) is 0.760. The normalized spacial score (nSPS) is 15.3. The summed E-state index contributed by atoms with van der Waals surface area (Å²) < 4.78 is 10.7. The molecular formula is C19H26N4O2. The number of nitrogens with one attached hydrogen (secondary N) is 2. The predicted molar refractivity (Wildman–Crippen MR) is 100.0 cm³/mol. The number of anilines is 3. The molecule has 1 aliphatic carbocycles. The summed E-state index contributed by atoms with van der Waals surface area (Å²) in [5.74, 6) is 3.04. The fraction of sp³-hybridized carbons (Fsp3) is 0.474. The third-order valence-corrected chi connectivity index (χ3v) is 4.55. The van der Waals surface area contributed by atoms with Crippen molar-refractivity contribution in [2.75, 3.05) is 24.9 Å². The van der Waals surface area contributed by atoms with Crippen molar-refractivity contribution < 1.29 is 9.47 Å². The molecule has 2 aromatic rings. The van der Waals surface area contributed by atoms with Gasteiger partial charge in [0, 0.05) is 18.2 Å². The van der Waals surface area contributed by atoms with Gasteiger partial charge in [0.25, 0.3) is 0 Å². The first-order chi connectivity index (χ1) is 12.3. The van der Waals surface area contributed by atoms with Gasteiger partial charge in [0.05, 0.1) is 19.9 Å². The number of rotatable bonds is 6. The number of methoxy groups -OCH3 is 2. The highest BCUT2D eigenvalue weighted by atomic mass is 16.5. The van der Waals surface area contributed by atoms with E-state index in [1.807, 2.05) is 24.3 Å². The average molecular weight is 342 g/mol. The maximum Gasteiger partial charge on any atom is 0.146 e. The Balaban J connectivity index is 1.71. The first-order valence-corrected chi connectivity index (χ1v) is 8.86. The summed E-state index contributed by atoms with van der Waals surface area (Å²) in [4.78, 5) is 8.68. The van der Waals surface area contributed by atoms with Crippen molar-refractivity contribution in [1.82, 2.24) is 9.97 Å².